The number of hydrogen-bond donors (Lipinski definition) is 0. The Morgan fingerprint density at radius 1 is 1.05 bits per heavy atom. The van der Waals surface area contributed by atoms with Crippen molar-refractivity contribution in [2.45, 2.75) is 50.1 Å². The summed E-state index contributed by atoms with van der Waals surface area (Å²) in [6.45, 7) is -0.987. The third kappa shape index (κ3) is 3.73. The quantitative estimate of drug-likeness (QED) is 0.522. The highest BCUT2D eigenvalue weighted by atomic mass is 19.4. The van der Waals surface area contributed by atoms with Gasteiger partial charge in [0.15, 0.2) is 6.61 Å². The average Bonchev–Trinajstić information content (AvgIpc) is 2.35. The molecule has 0 amide bonds. The molecule has 0 aromatic heterocycles. The number of hydrogen-bond acceptors (Lipinski definition) is 2. The number of alkyl halides is 9. The van der Waals surface area contributed by atoms with E-state index in [-0.39, 0.29) is 0 Å². The van der Waals surface area contributed by atoms with Crippen LogP contribution in [0.4, 0.5) is 39.5 Å². The molecule has 0 saturated heterocycles. The minimum atomic E-state index is -6.49. The molecule has 0 N–H and O–H groups in total. The number of halogens is 9. The zero-order valence-electron chi connectivity index (χ0n) is 10.7. The molecular weight excluding hydrogens is 323 g/mol. The lowest BCUT2D eigenvalue weighted by molar-refractivity contribution is -0.344. The van der Waals surface area contributed by atoms with Crippen LogP contribution in [0.1, 0.15) is 20.3 Å². The smallest absolute Gasteiger partial charge is 0.381 e. The molecule has 1 unspecified atom stereocenters. The van der Waals surface area contributed by atoms with Gasteiger partial charge < -0.3 is 4.74 Å². The molecule has 0 saturated carbocycles. The summed E-state index contributed by atoms with van der Waals surface area (Å²) in [7, 11) is 0. The maximum atomic E-state index is 13.3. The molecule has 0 aliphatic carbocycles. The van der Waals surface area contributed by atoms with E-state index in [0.29, 0.717) is 6.92 Å². The number of rotatable bonds is 7. The molecule has 11 heteroatoms. The van der Waals surface area contributed by atoms with Crippen molar-refractivity contribution in [1.29, 1.82) is 0 Å². The summed E-state index contributed by atoms with van der Waals surface area (Å²) in [5, 5.41) is 0. The Bertz CT molecular complexity index is 379. The Labute approximate surface area is 113 Å². The topological polar surface area (TPSA) is 26.3 Å². The van der Waals surface area contributed by atoms with Gasteiger partial charge in [0.05, 0.1) is 0 Å². The summed E-state index contributed by atoms with van der Waals surface area (Å²) in [5.41, 5.74) is -2.81. The van der Waals surface area contributed by atoms with E-state index < -0.39 is 48.9 Å². The van der Waals surface area contributed by atoms with Crippen molar-refractivity contribution in [3.8, 4) is 0 Å². The molecular formula is C10H11F9O2. The van der Waals surface area contributed by atoms with Crippen molar-refractivity contribution >= 4 is 5.97 Å². The van der Waals surface area contributed by atoms with Crippen LogP contribution in [0.3, 0.4) is 0 Å². The summed E-state index contributed by atoms with van der Waals surface area (Å²) >= 11 is 0. The standard InChI is InChI=1S/C10H11F9O2/c1-3-7(2,13)6(20)21-4-8(14,15)10(18,19)9(16,17)5(11)12/h5H,3-4H2,1-2H3. The van der Waals surface area contributed by atoms with Crippen LogP contribution in [0.15, 0.2) is 0 Å². The molecule has 21 heavy (non-hydrogen) atoms. The molecule has 0 heterocycles. The van der Waals surface area contributed by atoms with E-state index in [1.807, 2.05) is 0 Å². The Hall–Kier alpha value is -1.16. The Morgan fingerprint density at radius 2 is 1.48 bits per heavy atom. The van der Waals surface area contributed by atoms with Crippen LogP contribution in [0.5, 0.6) is 0 Å². The first-order valence-electron chi connectivity index (χ1n) is 5.41. The Morgan fingerprint density at radius 3 is 1.81 bits per heavy atom. The van der Waals surface area contributed by atoms with E-state index in [4.69, 9.17) is 0 Å². The fraction of sp³-hybridized carbons (Fsp3) is 0.900. The van der Waals surface area contributed by atoms with Gasteiger partial charge in [-0.25, -0.2) is 18.0 Å². The Balaban J connectivity index is 5.11. The van der Waals surface area contributed by atoms with Gasteiger partial charge >= 0.3 is 30.2 Å². The van der Waals surface area contributed by atoms with E-state index in [0.717, 1.165) is 6.92 Å². The lowest BCUT2D eigenvalue weighted by Crippen LogP contribution is -2.59. The number of carbonyl (C=O) groups is 1. The second-order valence-electron chi connectivity index (χ2n) is 4.33. The van der Waals surface area contributed by atoms with Gasteiger partial charge in [0.2, 0.25) is 5.67 Å². The maximum absolute atomic E-state index is 13.3. The summed E-state index contributed by atoms with van der Waals surface area (Å²) < 4.78 is 117. The van der Waals surface area contributed by atoms with Gasteiger partial charge in [0.1, 0.15) is 0 Å². The SMILES string of the molecule is CCC(C)(F)C(=O)OCC(F)(F)C(F)(F)C(F)(F)C(F)F. The van der Waals surface area contributed by atoms with Crippen molar-refractivity contribution in [2.75, 3.05) is 6.61 Å². The number of ether oxygens (including phenoxy) is 1. The highest BCUT2D eigenvalue weighted by Gasteiger charge is 2.75. The van der Waals surface area contributed by atoms with Crippen LogP contribution in [-0.2, 0) is 9.53 Å². The largest absolute Gasteiger partial charge is 0.457 e. The first kappa shape index (κ1) is 19.8. The molecule has 0 spiro atoms. The van der Waals surface area contributed by atoms with Crippen molar-refractivity contribution in [3.63, 3.8) is 0 Å². The fourth-order valence-corrected chi connectivity index (χ4v) is 0.923. The van der Waals surface area contributed by atoms with E-state index >= 15 is 0 Å². The maximum Gasteiger partial charge on any atom is 0.381 e. The molecule has 0 rings (SSSR count). The van der Waals surface area contributed by atoms with Crippen LogP contribution in [-0.4, -0.2) is 42.4 Å². The zero-order chi connectivity index (χ0) is 17.3. The number of carbonyl (C=O) groups excluding carboxylic acids is 1. The second-order valence-corrected chi connectivity index (χ2v) is 4.33. The lowest BCUT2D eigenvalue weighted by Gasteiger charge is -2.32. The van der Waals surface area contributed by atoms with Crippen LogP contribution in [0.25, 0.3) is 0 Å². The monoisotopic (exact) mass is 334 g/mol. The van der Waals surface area contributed by atoms with E-state index in [1.165, 1.54) is 0 Å². The van der Waals surface area contributed by atoms with E-state index in [2.05, 4.69) is 4.74 Å². The van der Waals surface area contributed by atoms with Gasteiger partial charge in [0, 0.05) is 0 Å². The molecule has 0 aromatic carbocycles. The predicted molar refractivity (Wildman–Crippen MR) is 51.6 cm³/mol. The highest BCUT2D eigenvalue weighted by molar-refractivity contribution is 5.78. The third-order valence-corrected chi connectivity index (χ3v) is 2.63. The Kier molecular flexibility index (Phi) is 5.59. The van der Waals surface area contributed by atoms with Crippen LogP contribution in [0, 0.1) is 0 Å². The third-order valence-electron chi connectivity index (χ3n) is 2.63. The minimum Gasteiger partial charge on any atom is -0.457 e. The molecule has 0 aromatic rings. The first-order chi connectivity index (χ1) is 9.13. The van der Waals surface area contributed by atoms with Crippen LogP contribution >= 0.6 is 0 Å². The second kappa shape index (κ2) is 5.91. The first-order valence-corrected chi connectivity index (χ1v) is 5.41. The molecule has 0 bridgehead atoms. The van der Waals surface area contributed by atoms with Crippen LogP contribution in [0.2, 0.25) is 0 Å². The molecule has 0 radical (unpaired) electrons. The molecule has 126 valence electrons. The number of esters is 1. The normalized spacial score (nSPS) is 16.8. The van der Waals surface area contributed by atoms with Gasteiger partial charge in [-0.2, -0.15) is 26.3 Å². The van der Waals surface area contributed by atoms with Crippen molar-refractivity contribution in [3.05, 3.63) is 0 Å². The van der Waals surface area contributed by atoms with E-state index in [1.54, 1.807) is 0 Å². The zero-order valence-corrected chi connectivity index (χ0v) is 10.7. The van der Waals surface area contributed by atoms with Gasteiger partial charge in [-0.1, -0.05) is 6.92 Å². The predicted octanol–water partition coefficient (Wildman–Crippen LogP) is 3.84. The van der Waals surface area contributed by atoms with Crippen LogP contribution < -0.4 is 0 Å². The minimum absolute atomic E-state index is 0.568. The highest BCUT2D eigenvalue weighted by Crippen LogP contribution is 2.48. The molecule has 0 fully saturated rings. The van der Waals surface area contributed by atoms with E-state index in [9.17, 15) is 44.3 Å². The van der Waals surface area contributed by atoms with Crippen molar-refractivity contribution < 1.29 is 49.0 Å². The molecule has 0 aliphatic heterocycles. The lowest BCUT2D eigenvalue weighted by atomic mass is 10.0. The summed E-state index contributed by atoms with van der Waals surface area (Å²) in [4.78, 5) is 10.9. The molecule has 1 atom stereocenters. The van der Waals surface area contributed by atoms with Gasteiger partial charge in [0.25, 0.3) is 0 Å². The molecule has 0 aliphatic rings. The van der Waals surface area contributed by atoms with Crippen molar-refractivity contribution in [1.82, 2.24) is 0 Å². The van der Waals surface area contributed by atoms with Gasteiger partial charge in [-0.3, -0.25) is 0 Å². The van der Waals surface area contributed by atoms with Gasteiger partial charge in [-0.05, 0) is 13.3 Å². The summed E-state index contributed by atoms with van der Waals surface area (Å²) in [6, 6.07) is 0. The average molecular weight is 334 g/mol. The fourth-order valence-electron chi connectivity index (χ4n) is 0.923. The van der Waals surface area contributed by atoms with Gasteiger partial charge in [-0.15, -0.1) is 0 Å². The van der Waals surface area contributed by atoms with Crippen molar-refractivity contribution in [2.24, 2.45) is 0 Å². The molecule has 2 nitrogen and oxygen atoms in total. The summed E-state index contributed by atoms with van der Waals surface area (Å²) in [5.74, 6) is -20.7. The summed E-state index contributed by atoms with van der Waals surface area (Å²) in [6.07, 6.45) is -5.64.